The molecule has 1 amide bonds. The second-order valence-electron chi connectivity index (χ2n) is 7.00. The first kappa shape index (κ1) is 17.0. The number of carbonyl (C=O) groups excluding carboxylic acids is 1. The van der Waals surface area contributed by atoms with Crippen LogP contribution in [0.5, 0.6) is 0 Å². The predicted octanol–water partition coefficient (Wildman–Crippen LogP) is 4.39. The van der Waals surface area contributed by atoms with Crippen molar-refractivity contribution in [1.29, 1.82) is 0 Å². The number of amides is 1. The van der Waals surface area contributed by atoms with Crippen LogP contribution in [0, 0.1) is 0 Å². The van der Waals surface area contributed by atoms with E-state index in [-0.39, 0.29) is 11.8 Å². The van der Waals surface area contributed by atoms with Crippen LogP contribution in [0.15, 0.2) is 59.3 Å². The quantitative estimate of drug-likeness (QED) is 0.559. The molecule has 0 bridgehead atoms. The van der Waals surface area contributed by atoms with E-state index in [1.54, 1.807) is 4.90 Å². The lowest BCUT2D eigenvalue weighted by atomic mass is 10.1. The maximum atomic E-state index is 12.5. The molecule has 3 heterocycles. The molecule has 1 fully saturated rings. The minimum atomic E-state index is -0.0818. The summed E-state index contributed by atoms with van der Waals surface area (Å²) in [6, 6.07) is 15.5. The van der Waals surface area contributed by atoms with E-state index in [0.29, 0.717) is 36.2 Å². The summed E-state index contributed by atoms with van der Waals surface area (Å²) in [7, 11) is 0. The van der Waals surface area contributed by atoms with Crippen LogP contribution in [0.2, 0.25) is 5.02 Å². The van der Waals surface area contributed by atoms with E-state index in [2.05, 4.69) is 15.1 Å². The first-order valence-electron chi connectivity index (χ1n) is 9.10. The van der Waals surface area contributed by atoms with Crippen LogP contribution in [0.25, 0.3) is 22.4 Å². The summed E-state index contributed by atoms with van der Waals surface area (Å²) in [6.45, 7) is 1.04. The van der Waals surface area contributed by atoms with Crippen molar-refractivity contribution in [2.75, 3.05) is 6.54 Å². The van der Waals surface area contributed by atoms with E-state index in [9.17, 15) is 4.79 Å². The summed E-state index contributed by atoms with van der Waals surface area (Å²) in [6.07, 6.45) is 2.27. The monoisotopic (exact) mass is 392 g/mol. The number of fused-ring (bicyclic) bond motifs is 1. The highest BCUT2D eigenvalue weighted by Crippen LogP contribution is 2.30. The highest BCUT2D eigenvalue weighted by atomic mass is 35.5. The van der Waals surface area contributed by atoms with Gasteiger partial charge in [0, 0.05) is 47.7 Å². The number of benzene rings is 2. The molecule has 0 spiro atoms. The normalized spacial score (nSPS) is 17.0. The Hall–Kier alpha value is -3.12. The van der Waals surface area contributed by atoms with Crippen molar-refractivity contribution >= 4 is 28.4 Å². The number of hydrogen-bond acceptors (Lipinski definition) is 4. The third-order valence-corrected chi connectivity index (χ3v) is 5.51. The van der Waals surface area contributed by atoms with Gasteiger partial charge in [-0.05, 0) is 35.2 Å². The fourth-order valence-electron chi connectivity index (χ4n) is 3.63. The maximum absolute atomic E-state index is 12.5. The maximum Gasteiger partial charge on any atom is 0.258 e. The Labute approximate surface area is 166 Å². The standard InChI is InChI=1S/C21H17ClN4O2/c22-17-4-2-1-3-15(17)11-26-12-16(10-19(26)27)20-24-21(28-25-20)14-6-5-13-7-8-23-18(13)9-14/h1-9,16,23H,10-12H2. The van der Waals surface area contributed by atoms with Crippen LogP contribution >= 0.6 is 11.6 Å². The smallest absolute Gasteiger partial charge is 0.258 e. The van der Waals surface area contributed by atoms with Crippen LogP contribution in [0.1, 0.15) is 23.7 Å². The number of aromatic amines is 1. The summed E-state index contributed by atoms with van der Waals surface area (Å²) in [5.41, 5.74) is 2.80. The molecular formula is C21H17ClN4O2. The van der Waals surface area contributed by atoms with E-state index < -0.39 is 0 Å². The van der Waals surface area contributed by atoms with E-state index in [0.717, 1.165) is 22.0 Å². The topological polar surface area (TPSA) is 75.0 Å². The molecule has 4 aromatic rings. The number of nitrogens with zero attached hydrogens (tertiary/aromatic N) is 3. The summed E-state index contributed by atoms with van der Waals surface area (Å²) in [5.74, 6) is 1.02. The summed E-state index contributed by atoms with van der Waals surface area (Å²) in [4.78, 5) is 22.0. The van der Waals surface area contributed by atoms with Crippen molar-refractivity contribution in [3.8, 4) is 11.5 Å². The van der Waals surface area contributed by atoms with E-state index in [4.69, 9.17) is 16.1 Å². The largest absolute Gasteiger partial charge is 0.361 e. The van der Waals surface area contributed by atoms with Crippen LogP contribution in [-0.4, -0.2) is 32.5 Å². The number of aromatic nitrogens is 3. The van der Waals surface area contributed by atoms with Crippen LogP contribution in [-0.2, 0) is 11.3 Å². The molecule has 1 unspecified atom stereocenters. The van der Waals surface area contributed by atoms with Gasteiger partial charge >= 0.3 is 0 Å². The van der Waals surface area contributed by atoms with Gasteiger partial charge in [0.25, 0.3) is 5.89 Å². The number of hydrogen-bond donors (Lipinski definition) is 1. The van der Waals surface area contributed by atoms with Crippen molar-refractivity contribution in [2.45, 2.75) is 18.9 Å². The lowest BCUT2D eigenvalue weighted by Crippen LogP contribution is -2.24. The Morgan fingerprint density at radius 1 is 1.21 bits per heavy atom. The van der Waals surface area contributed by atoms with Gasteiger partial charge in [0.2, 0.25) is 5.91 Å². The highest BCUT2D eigenvalue weighted by Gasteiger charge is 2.34. The van der Waals surface area contributed by atoms with Crippen LogP contribution in [0.3, 0.4) is 0 Å². The van der Waals surface area contributed by atoms with E-state index in [1.807, 2.05) is 54.7 Å². The predicted molar refractivity (Wildman–Crippen MR) is 106 cm³/mol. The second kappa shape index (κ2) is 6.80. The number of nitrogens with one attached hydrogen (secondary N) is 1. The van der Waals surface area contributed by atoms with Gasteiger partial charge < -0.3 is 14.4 Å². The van der Waals surface area contributed by atoms with Gasteiger partial charge in [-0.25, -0.2) is 0 Å². The zero-order chi connectivity index (χ0) is 19.1. The number of halogens is 1. The molecule has 0 saturated carbocycles. The molecule has 7 heteroatoms. The Balaban J connectivity index is 1.34. The van der Waals surface area contributed by atoms with Gasteiger partial charge in [0.15, 0.2) is 5.82 Å². The molecule has 1 aliphatic heterocycles. The van der Waals surface area contributed by atoms with E-state index in [1.165, 1.54) is 0 Å². The lowest BCUT2D eigenvalue weighted by molar-refractivity contribution is -0.128. The fraction of sp³-hybridized carbons (Fsp3) is 0.190. The molecule has 2 aromatic carbocycles. The van der Waals surface area contributed by atoms with Crippen molar-refractivity contribution in [3.63, 3.8) is 0 Å². The lowest BCUT2D eigenvalue weighted by Gasteiger charge is -2.16. The first-order chi connectivity index (χ1) is 13.7. The van der Waals surface area contributed by atoms with Gasteiger partial charge in [0.05, 0.1) is 0 Å². The molecule has 2 aromatic heterocycles. The summed E-state index contributed by atoms with van der Waals surface area (Å²) >= 11 is 6.23. The third-order valence-electron chi connectivity index (χ3n) is 5.14. The van der Waals surface area contributed by atoms with Gasteiger partial charge in [0.1, 0.15) is 0 Å². The number of carbonyl (C=O) groups is 1. The highest BCUT2D eigenvalue weighted by molar-refractivity contribution is 6.31. The molecule has 28 heavy (non-hydrogen) atoms. The Morgan fingerprint density at radius 3 is 3.00 bits per heavy atom. The minimum Gasteiger partial charge on any atom is -0.361 e. The Kier molecular flexibility index (Phi) is 4.13. The molecule has 0 radical (unpaired) electrons. The second-order valence-corrected chi connectivity index (χ2v) is 7.41. The molecule has 1 N–H and O–H groups in total. The number of rotatable bonds is 4. The summed E-state index contributed by atoms with van der Waals surface area (Å²) < 4.78 is 5.47. The molecule has 0 aliphatic carbocycles. The third kappa shape index (κ3) is 3.05. The molecule has 6 nitrogen and oxygen atoms in total. The Bertz CT molecular complexity index is 1170. The zero-order valence-corrected chi connectivity index (χ0v) is 15.7. The summed E-state index contributed by atoms with van der Waals surface area (Å²) in [5, 5.41) is 5.93. The average molecular weight is 393 g/mol. The fourth-order valence-corrected chi connectivity index (χ4v) is 3.82. The molecule has 5 rings (SSSR count). The molecule has 1 saturated heterocycles. The van der Waals surface area contributed by atoms with Gasteiger partial charge in [-0.1, -0.05) is 41.0 Å². The number of H-pyrrole nitrogens is 1. The molecule has 1 atom stereocenters. The van der Waals surface area contributed by atoms with Crippen molar-refractivity contribution < 1.29 is 9.32 Å². The molecule has 1 aliphatic rings. The van der Waals surface area contributed by atoms with Gasteiger partial charge in [-0.15, -0.1) is 0 Å². The zero-order valence-electron chi connectivity index (χ0n) is 14.9. The average Bonchev–Trinajstić information content (AvgIpc) is 3.43. The minimum absolute atomic E-state index is 0.0732. The number of likely N-dealkylation sites (tertiary alicyclic amines) is 1. The molecular weight excluding hydrogens is 376 g/mol. The van der Waals surface area contributed by atoms with Gasteiger partial charge in [-0.2, -0.15) is 4.98 Å². The molecule has 140 valence electrons. The van der Waals surface area contributed by atoms with Crippen molar-refractivity contribution in [3.05, 3.63) is 71.1 Å². The van der Waals surface area contributed by atoms with E-state index >= 15 is 0 Å². The van der Waals surface area contributed by atoms with Crippen molar-refractivity contribution in [2.24, 2.45) is 0 Å². The van der Waals surface area contributed by atoms with Crippen LogP contribution in [0.4, 0.5) is 0 Å². The Morgan fingerprint density at radius 2 is 2.11 bits per heavy atom. The van der Waals surface area contributed by atoms with Crippen molar-refractivity contribution in [1.82, 2.24) is 20.0 Å². The van der Waals surface area contributed by atoms with Crippen LogP contribution < -0.4 is 0 Å². The first-order valence-corrected chi connectivity index (χ1v) is 9.47. The van der Waals surface area contributed by atoms with Gasteiger partial charge in [-0.3, -0.25) is 4.79 Å². The SMILES string of the molecule is O=C1CC(c2noc(-c3ccc4cc[nH]c4c3)n2)CN1Cc1ccccc1Cl.